The third kappa shape index (κ3) is 5.94. The molecule has 0 saturated heterocycles. The fraction of sp³-hybridized carbons (Fsp3) is 0.636. The summed E-state index contributed by atoms with van der Waals surface area (Å²) < 4.78 is 21.3. The average Bonchev–Trinajstić information content (AvgIpc) is 2.58. The fourth-order valence-electron chi connectivity index (χ4n) is 1.36. The Morgan fingerprint density at radius 3 is 2.15 bits per heavy atom. The Labute approximate surface area is 117 Å². The molecule has 0 aromatic carbocycles. The lowest BCUT2D eigenvalue weighted by molar-refractivity contribution is -0.870. The standard InChI is InChI=1S/C11H19N2O6P/c1-13(2,3)7-9-19-20(16,17)18-8-6-12-10(14)4-5-11(12)15/h4-5H,6-9H2,1-3H3. The Morgan fingerprint density at radius 2 is 1.65 bits per heavy atom. The van der Waals surface area contributed by atoms with E-state index in [1.54, 1.807) is 0 Å². The molecule has 0 aromatic rings. The molecule has 0 aromatic heterocycles. The lowest BCUT2D eigenvalue weighted by Crippen LogP contribution is -2.37. The van der Waals surface area contributed by atoms with Crippen LogP contribution in [0.2, 0.25) is 0 Å². The second-order valence-corrected chi connectivity index (χ2v) is 6.70. The molecule has 0 saturated carbocycles. The summed E-state index contributed by atoms with van der Waals surface area (Å²) in [6.45, 7) is 0.0654. The van der Waals surface area contributed by atoms with Crippen molar-refractivity contribution < 1.29 is 32.6 Å². The van der Waals surface area contributed by atoms with Crippen LogP contribution in [0.3, 0.4) is 0 Å². The van der Waals surface area contributed by atoms with Crippen molar-refractivity contribution in [3.8, 4) is 0 Å². The highest BCUT2D eigenvalue weighted by molar-refractivity contribution is 7.45. The Bertz CT molecular complexity index is 438. The highest BCUT2D eigenvalue weighted by Gasteiger charge is 2.23. The van der Waals surface area contributed by atoms with Crippen LogP contribution in [0.15, 0.2) is 12.2 Å². The first-order valence-corrected chi connectivity index (χ1v) is 7.51. The molecule has 9 heteroatoms. The Morgan fingerprint density at radius 1 is 1.15 bits per heavy atom. The number of carbonyl (C=O) groups is 2. The van der Waals surface area contributed by atoms with Crippen molar-refractivity contribution in [2.45, 2.75) is 0 Å². The molecule has 1 aliphatic heterocycles. The van der Waals surface area contributed by atoms with Crippen LogP contribution in [0, 0.1) is 0 Å². The van der Waals surface area contributed by atoms with Crippen molar-refractivity contribution >= 4 is 19.6 Å². The molecule has 2 amide bonds. The minimum absolute atomic E-state index is 0.00735. The quantitative estimate of drug-likeness (QED) is 0.328. The summed E-state index contributed by atoms with van der Waals surface area (Å²) in [5.74, 6) is -0.962. The molecule has 1 rings (SSSR count). The number of rotatable bonds is 8. The Balaban J connectivity index is 2.28. The van der Waals surface area contributed by atoms with Crippen LogP contribution in [0.5, 0.6) is 0 Å². The van der Waals surface area contributed by atoms with Crippen molar-refractivity contribution in [2.24, 2.45) is 0 Å². The van der Waals surface area contributed by atoms with Gasteiger partial charge in [-0.15, -0.1) is 0 Å². The molecular weight excluding hydrogens is 287 g/mol. The van der Waals surface area contributed by atoms with Crippen molar-refractivity contribution in [1.82, 2.24) is 4.90 Å². The van der Waals surface area contributed by atoms with Gasteiger partial charge in [-0.2, -0.15) is 0 Å². The summed E-state index contributed by atoms with van der Waals surface area (Å²) >= 11 is 0. The van der Waals surface area contributed by atoms with Gasteiger partial charge < -0.3 is 18.4 Å². The maximum Gasteiger partial charge on any atom is 0.268 e. The Hall–Kier alpha value is -1.05. The molecule has 0 bridgehead atoms. The van der Waals surface area contributed by atoms with Crippen molar-refractivity contribution in [2.75, 3.05) is 47.4 Å². The molecule has 20 heavy (non-hydrogen) atoms. The Kier molecular flexibility index (Phi) is 5.61. The lowest BCUT2D eigenvalue weighted by atomic mass is 10.5. The normalized spacial score (nSPS) is 18.7. The maximum absolute atomic E-state index is 11.4. The van der Waals surface area contributed by atoms with Gasteiger partial charge in [0.15, 0.2) is 0 Å². The van der Waals surface area contributed by atoms with E-state index in [0.717, 1.165) is 17.1 Å². The first-order valence-electron chi connectivity index (χ1n) is 6.05. The molecule has 1 heterocycles. The van der Waals surface area contributed by atoms with E-state index in [1.165, 1.54) is 0 Å². The fourth-order valence-corrected chi connectivity index (χ4v) is 2.04. The minimum Gasteiger partial charge on any atom is -0.756 e. The van der Waals surface area contributed by atoms with Crippen LogP contribution < -0.4 is 4.89 Å². The van der Waals surface area contributed by atoms with E-state index in [2.05, 4.69) is 9.05 Å². The van der Waals surface area contributed by atoms with E-state index in [0.29, 0.717) is 11.0 Å². The van der Waals surface area contributed by atoms with Crippen molar-refractivity contribution in [3.63, 3.8) is 0 Å². The maximum atomic E-state index is 11.4. The number of hydrogen-bond acceptors (Lipinski definition) is 6. The second-order valence-electron chi connectivity index (χ2n) is 5.29. The van der Waals surface area contributed by atoms with E-state index in [-0.39, 0.29) is 19.8 Å². The lowest BCUT2D eigenvalue weighted by Gasteiger charge is -2.27. The van der Waals surface area contributed by atoms with E-state index in [4.69, 9.17) is 0 Å². The van der Waals surface area contributed by atoms with Gasteiger partial charge in [0.1, 0.15) is 13.2 Å². The number of quaternary nitrogens is 1. The van der Waals surface area contributed by atoms with Crippen LogP contribution in [0.25, 0.3) is 0 Å². The van der Waals surface area contributed by atoms with Gasteiger partial charge in [0, 0.05) is 12.2 Å². The van der Waals surface area contributed by atoms with Gasteiger partial charge in [0.2, 0.25) is 0 Å². The van der Waals surface area contributed by atoms with Crippen LogP contribution in [0.1, 0.15) is 0 Å². The number of amides is 2. The SMILES string of the molecule is C[N+](C)(C)CCOP(=O)([O-])OCCN1C(=O)C=CC1=O. The van der Waals surface area contributed by atoms with Gasteiger partial charge in [0.05, 0.1) is 34.3 Å². The number of carbonyl (C=O) groups excluding carboxylic acids is 2. The zero-order valence-electron chi connectivity index (χ0n) is 11.8. The summed E-state index contributed by atoms with van der Waals surface area (Å²) in [5.41, 5.74) is 0. The predicted octanol–water partition coefficient (Wildman–Crippen LogP) is -0.881. The third-order valence-corrected chi connectivity index (χ3v) is 3.47. The summed E-state index contributed by atoms with van der Waals surface area (Å²) in [7, 11) is 1.30. The molecular formula is C11H19N2O6P. The van der Waals surface area contributed by atoms with Gasteiger partial charge in [-0.05, 0) is 0 Å². The molecule has 0 fully saturated rings. The number of likely N-dealkylation sites (N-methyl/N-ethyl adjacent to an activating group) is 1. The van der Waals surface area contributed by atoms with E-state index in [9.17, 15) is 19.0 Å². The summed E-state index contributed by atoms with van der Waals surface area (Å²) in [5, 5.41) is 0. The van der Waals surface area contributed by atoms with Crippen molar-refractivity contribution in [1.29, 1.82) is 0 Å². The number of phosphoric acid groups is 1. The number of hydrogen-bond donors (Lipinski definition) is 0. The molecule has 0 radical (unpaired) electrons. The molecule has 1 unspecified atom stereocenters. The third-order valence-electron chi connectivity index (χ3n) is 2.48. The van der Waals surface area contributed by atoms with Crippen LogP contribution in [0.4, 0.5) is 0 Å². The van der Waals surface area contributed by atoms with Gasteiger partial charge in [-0.1, -0.05) is 0 Å². The zero-order valence-corrected chi connectivity index (χ0v) is 12.7. The molecule has 0 aliphatic carbocycles. The van der Waals surface area contributed by atoms with Gasteiger partial charge in [-0.25, -0.2) is 0 Å². The van der Waals surface area contributed by atoms with Gasteiger partial charge >= 0.3 is 0 Å². The first kappa shape index (κ1) is 17.0. The van der Waals surface area contributed by atoms with E-state index < -0.39 is 19.6 Å². The topological polar surface area (TPSA) is 96.0 Å². The monoisotopic (exact) mass is 306 g/mol. The molecule has 8 nitrogen and oxygen atoms in total. The number of imide groups is 1. The smallest absolute Gasteiger partial charge is 0.268 e. The van der Waals surface area contributed by atoms with Gasteiger partial charge in [0.25, 0.3) is 19.6 Å². The van der Waals surface area contributed by atoms with E-state index >= 15 is 0 Å². The van der Waals surface area contributed by atoms with Crippen LogP contribution in [-0.2, 0) is 23.2 Å². The summed E-state index contributed by atoms with van der Waals surface area (Å²) in [6, 6.07) is 0. The molecule has 1 aliphatic rings. The van der Waals surface area contributed by atoms with E-state index in [1.807, 2.05) is 21.1 Å². The minimum atomic E-state index is -4.40. The molecule has 114 valence electrons. The zero-order chi connectivity index (χ0) is 15.4. The largest absolute Gasteiger partial charge is 0.756 e. The predicted molar refractivity (Wildman–Crippen MR) is 68.3 cm³/mol. The number of nitrogens with zero attached hydrogens (tertiary/aromatic N) is 2. The van der Waals surface area contributed by atoms with Crippen LogP contribution in [-0.4, -0.2) is 68.6 Å². The molecule has 0 spiro atoms. The summed E-state index contributed by atoms with van der Waals surface area (Å²) in [6.07, 6.45) is 2.24. The second kappa shape index (κ2) is 6.60. The average molecular weight is 306 g/mol. The van der Waals surface area contributed by atoms with Gasteiger partial charge in [-0.3, -0.25) is 19.1 Å². The first-order chi connectivity index (χ1) is 9.11. The van der Waals surface area contributed by atoms with Crippen molar-refractivity contribution in [3.05, 3.63) is 12.2 Å². The highest BCUT2D eigenvalue weighted by Crippen LogP contribution is 2.37. The molecule has 1 atom stereocenters. The summed E-state index contributed by atoms with van der Waals surface area (Å²) in [4.78, 5) is 34.7. The number of phosphoric ester groups is 1. The molecule has 0 N–H and O–H groups in total. The highest BCUT2D eigenvalue weighted by atomic mass is 31.2. The van der Waals surface area contributed by atoms with Crippen LogP contribution >= 0.6 is 7.82 Å².